The number of carbonyl (C=O) groups is 2. The lowest BCUT2D eigenvalue weighted by atomic mass is 9.84. The SMILES string of the molecule is CCOC(=O)C1=CN(C2CC2)C2=C(OC)C=CCC2C1=O. The molecule has 21 heavy (non-hydrogen) atoms. The number of fused-ring (bicyclic) bond motifs is 1. The second-order valence-corrected chi connectivity index (χ2v) is 5.41. The van der Waals surface area contributed by atoms with E-state index in [1.807, 2.05) is 17.1 Å². The van der Waals surface area contributed by atoms with Crippen LogP contribution in [0, 0.1) is 5.92 Å². The van der Waals surface area contributed by atoms with Gasteiger partial charge < -0.3 is 14.4 Å². The van der Waals surface area contributed by atoms with Crippen LogP contribution in [0.15, 0.2) is 35.4 Å². The Morgan fingerprint density at radius 3 is 2.81 bits per heavy atom. The van der Waals surface area contributed by atoms with Crippen LogP contribution in [0.1, 0.15) is 26.2 Å². The van der Waals surface area contributed by atoms with Gasteiger partial charge in [-0.05, 0) is 32.3 Å². The molecule has 3 rings (SSSR count). The summed E-state index contributed by atoms with van der Waals surface area (Å²) in [5.41, 5.74) is 1.05. The van der Waals surface area contributed by atoms with Gasteiger partial charge in [-0.25, -0.2) is 4.79 Å². The molecular formula is C16H19NO4. The number of rotatable bonds is 4. The Kier molecular flexibility index (Phi) is 3.57. The van der Waals surface area contributed by atoms with Crippen LogP contribution in [0.4, 0.5) is 0 Å². The van der Waals surface area contributed by atoms with Crippen LogP contribution in [0.2, 0.25) is 0 Å². The number of Topliss-reactive ketones (excluding diaryl/α,β-unsaturated/α-hetero) is 1. The molecule has 1 fully saturated rings. The van der Waals surface area contributed by atoms with Gasteiger partial charge in [0.25, 0.3) is 0 Å². The lowest BCUT2D eigenvalue weighted by molar-refractivity contribution is -0.140. The summed E-state index contributed by atoms with van der Waals surface area (Å²) in [6.07, 6.45) is 8.21. The first-order chi connectivity index (χ1) is 10.2. The van der Waals surface area contributed by atoms with Gasteiger partial charge in [-0.3, -0.25) is 4.79 Å². The largest absolute Gasteiger partial charge is 0.495 e. The lowest BCUT2D eigenvalue weighted by Gasteiger charge is -2.36. The Bertz CT molecular complexity index is 569. The summed E-state index contributed by atoms with van der Waals surface area (Å²) in [5, 5.41) is 0. The van der Waals surface area contributed by atoms with Crippen molar-refractivity contribution in [3.05, 3.63) is 35.4 Å². The molecule has 1 atom stereocenters. The fourth-order valence-electron chi connectivity index (χ4n) is 2.87. The third-order valence-electron chi connectivity index (χ3n) is 4.01. The van der Waals surface area contributed by atoms with Crippen LogP contribution < -0.4 is 0 Å². The quantitative estimate of drug-likeness (QED) is 0.584. The molecule has 2 aliphatic carbocycles. The third-order valence-corrected chi connectivity index (χ3v) is 4.01. The maximum Gasteiger partial charge on any atom is 0.343 e. The Balaban J connectivity index is 2.04. The van der Waals surface area contributed by atoms with E-state index in [-0.39, 0.29) is 23.9 Å². The first kappa shape index (κ1) is 13.9. The number of esters is 1. The molecular weight excluding hydrogens is 270 g/mol. The predicted molar refractivity (Wildman–Crippen MR) is 75.9 cm³/mol. The van der Waals surface area contributed by atoms with Gasteiger partial charge in [-0.2, -0.15) is 0 Å². The zero-order valence-corrected chi connectivity index (χ0v) is 12.3. The molecule has 0 aromatic rings. The number of ketones is 1. The van der Waals surface area contributed by atoms with Gasteiger partial charge in [0.05, 0.1) is 25.3 Å². The number of allylic oxidation sites excluding steroid dienone is 3. The summed E-state index contributed by atoms with van der Waals surface area (Å²) in [6.45, 7) is 2.01. The van der Waals surface area contributed by atoms with E-state index in [0.29, 0.717) is 18.2 Å². The van der Waals surface area contributed by atoms with E-state index in [4.69, 9.17) is 9.47 Å². The van der Waals surface area contributed by atoms with Crippen LogP contribution in [0.5, 0.6) is 0 Å². The minimum Gasteiger partial charge on any atom is -0.495 e. The fraction of sp³-hybridized carbons (Fsp3) is 0.500. The topological polar surface area (TPSA) is 55.8 Å². The maximum atomic E-state index is 12.6. The second kappa shape index (κ2) is 5.39. The highest BCUT2D eigenvalue weighted by atomic mass is 16.5. The molecule has 1 saturated carbocycles. The Labute approximate surface area is 123 Å². The standard InChI is InChI=1S/C16H19NO4/c1-3-21-16(19)12-9-17(10-7-8-10)14-11(15(12)18)5-4-6-13(14)20-2/h4,6,9-11H,3,5,7-8H2,1-2H3. The summed E-state index contributed by atoms with van der Waals surface area (Å²) in [6, 6.07) is 0.358. The Hall–Kier alpha value is -2.04. The summed E-state index contributed by atoms with van der Waals surface area (Å²) in [4.78, 5) is 26.7. The highest BCUT2D eigenvalue weighted by Gasteiger charge is 2.43. The molecule has 1 unspecified atom stereocenters. The van der Waals surface area contributed by atoms with Gasteiger partial charge in [-0.15, -0.1) is 0 Å². The molecule has 0 aromatic heterocycles. The van der Waals surface area contributed by atoms with Crippen LogP contribution in [-0.4, -0.2) is 36.4 Å². The van der Waals surface area contributed by atoms with Gasteiger partial charge in [0, 0.05) is 12.2 Å². The molecule has 0 radical (unpaired) electrons. The summed E-state index contributed by atoms with van der Waals surface area (Å²) in [7, 11) is 1.61. The van der Waals surface area contributed by atoms with E-state index >= 15 is 0 Å². The number of carbonyl (C=O) groups excluding carboxylic acids is 2. The monoisotopic (exact) mass is 289 g/mol. The minimum absolute atomic E-state index is 0.156. The summed E-state index contributed by atoms with van der Waals surface area (Å²) < 4.78 is 10.4. The van der Waals surface area contributed by atoms with Crippen LogP contribution in [-0.2, 0) is 19.1 Å². The molecule has 1 aliphatic heterocycles. The van der Waals surface area contributed by atoms with Crippen LogP contribution in [0.3, 0.4) is 0 Å². The number of hydrogen-bond acceptors (Lipinski definition) is 5. The van der Waals surface area contributed by atoms with Crippen molar-refractivity contribution in [2.45, 2.75) is 32.2 Å². The Morgan fingerprint density at radius 1 is 1.43 bits per heavy atom. The van der Waals surface area contributed by atoms with Crippen molar-refractivity contribution in [2.24, 2.45) is 5.92 Å². The van der Waals surface area contributed by atoms with Gasteiger partial charge in [-0.1, -0.05) is 6.08 Å². The molecule has 5 heteroatoms. The maximum absolute atomic E-state index is 12.6. The van der Waals surface area contributed by atoms with Gasteiger partial charge in [0.2, 0.25) is 0 Å². The molecule has 0 spiro atoms. The molecule has 5 nitrogen and oxygen atoms in total. The van der Waals surface area contributed by atoms with Gasteiger partial charge in [0.15, 0.2) is 5.78 Å². The lowest BCUT2D eigenvalue weighted by Crippen LogP contribution is -2.39. The van der Waals surface area contributed by atoms with Crippen LogP contribution in [0.25, 0.3) is 0 Å². The van der Waals surface area contributed by atoms with Crippen molar-refractivity contribution in [3.63, 3.8) is 0 Å². The number of ether oxygens (including phenoxy) is 2. The van der Waals surface area contributed by atoms with E-state index in [1.54, 1.807) is 20.2 Å². The zero-order valence-electron chi connectivity index (χ0n) is 12.3. The highest BCUT2D eigenvalue weighted by Crippen LogP contribution is 2.41. The summed E-state index contributed by atoms with van der Waals surface area (Å²) >= 11 is 0. The number of methoxy groups -OCH3 is 1. The number of nitrogens with zero attached hydrogens (tertiary/aromatic N) is 1. The molecule has 112 valence electrons. The van der Waals surface area contributed by atoms with E-state index in [2.05, 4.69) is 0 Å². The van der Waals surface area contributed by atoms with Gasteiger partial charge >= 0.3 is 5.97 Å². The average Bonchev–Trinajstić information content (AvgIpc) is 3.32. The van der Waals surface area contributed by atoms with E-state index < -0.39 is 5.97 Å². The first-order valence-corrected chi connectivity index (χ1v) is 7.33. The molecule has 0 saturated heterocycles. The van der Waals surface area contributed by atoms with E-state index in [1.165, 1.54) is 0 Å². The third kappa shape index (κ3) is 2.37. The number of hydrogen-bond donors (Lipinski definition) is 0. The fourth-order valence-corrected chi connectivity index (χ4v) is 2.87. The van der Waals surface area contributed by atoms with Gasteiger partial charge in [0.1, 0.15) is 11.3 Å². The normalized spacial score (nSPS) is 24.7. The van der Waals surface area contributed by atoms with Crippen molar-refractivity contribution < 1.29 is 19.1 Å². The van der Waals surface area contributed by atoms with Crippen LogP contribution >= 0.6 is 0 Å². The molecule has 0 N–H and O–H groups in total. The molecule has 1 heterocycles. The molecule has 3 aliphatic rings. The highest BCUT2D eigenvalue weighted by molar-refractivity contribution is 6.19. The predicted octanol–water partition coefficient (Wildman–Crippen LogP) is 1.91. The van der Waals surface area contributed by atoms with Crippen molar-refractivity contribution in [1.82, 2.24) is 4.90 Å². The molecule has 0 aromatic carbocycles. The van der Waals surface area contributed by atoms with Crippen molar-refractivity contribution in [1.29, 1.82) is 0 Å². The van der Waals surface area contributed by atoms with E-state index in [9.17, 15) is 9.59 Å². The second-order valence-electron chi connectivity index (χ2n) is 5.41. The molecule has 0 bridgehead atoms. The van der Waals surface area contributed by atoms with Crippen molar-refractivity contribution in [3.8, 4) is 0 Å². The average molecular weight is 289 g/mol. The van der Waals surface area contributed by atoms with Crippen molar-refractivity contribution in [2.75, 3.05) is 13.7 Å². The molecule has 0 amide bonds. The smallest absolute Gasteiger partial charge is 0.343 e. The minimum atomic E-state index is -0.527. The Morgan fingerprint density at radius 2 is 2.19 bits per heavy atom. The first-order valence-electron chi connectivity index (χ1n) is 7.33. The zero-order chi connectivity index (χ0) is 15.0. The van der Waals surface area contributed by atoms with Crippen molar-refractivity contribution >= 4 is 11.8 Å². The summed E-state index contributed by atoms with van der Waals surface area (Å²) in [5.74, 6) is -0.319. The van der Waals surface area contributed by atoms with E-state index in [0.717, 1.165) is 18.5 Å².